The van der Waals surface area contributed by atoms with E-state index in [9.17, 15) is 9.90 Å². The van der Waals surface area contributed by atoms with E-state index in [4.69, 9.17) is 0 Å². The molecule has 2 rings (SSSR count). The lowest BCUT2D eigenvalue weighted by Crippen LogP contribution is -2.34. The van der Waals surface area contributed by atoms with Gasteiger partial charge in [0.2, 0.25) is 0 Å². The molecule has 2 unspecified atom stereocenters. The fourth-order valence-corrected chi connectivity index (χ4v) is 2.40. The Kier molecular flexibility index (Phi) is 6.65. The van der Waals surface area contributed by atoms with Crippen LogP contribution in [0.1, 0.15) is 10.4 Å². The van der Waals surface area contributed by atoms with Crippen LogP contribution in [0.2, 0.25) is 0 Å². The highest BCUT2D eigenvalue weighted by molar-refractivity contribution is 7.98. The van der Waals surface area contributed by atoms with Crippen molar-refractivity contribution in [2.75, 3.05) is 25.9 Å². The molecule has 4 nitrogen and oxygen atoms in total. The Morgan fingerprint density at radius 2 is 2.11 bits per heavy atom. The molecule has 1 heterocycles. The van der Waals surface area contributed by atoms with Crippen LogP contribution in [-0.4, -0.2) is 43.0 Å². The molecule has 0 spiro atoms. The van der Waals surface area contributed by atoms with Gasteiger partial charge < -0.3 is 15.7 Å². The molecule has 0 saturated carbocycles. The lowest BCUT2D eigenvalue weighted by Gasteiger charge is -2.14. The summed E-state index contributed by atoms with van der Waals surface area (Å²) in [6.45, 7) is 1.88. The van der Waals surface area contributed by atoms with Crippen LogP contribution < -0.4 is 10.6 Å². The van der Waals surface area contributed by atoms with E-state index in [2.05, 4.69) is 10.6 Å². The van der Waals surface area contributed by atoms with Crippen LogP contribution in [0.25, 0.3) is 0 Å². The summed E-state index contributed by atoms with van der Waals surface area (Å²) in [6, 6.07) is 7.52. The predicted octanol–water partition coefficient (Wildman–Crippen LogP) is 1.14. The fourth-order valence-electron chi connectivity index (χ4n) is 2.00. The molecule has 1 aliphatic rings. The Hall–Kier alpha value is -0.750. The zero-order valence-electron chi connectivity index (χ0n) is 10.8. The van der Waals surface area contributed by atoms with Gasteiger partial charge in [0.25, 0.3) is 5.91 Å². The summed E-state index contributed by atoms with van der Waals surface area (Å²) in [7, 11) is 0. The normalized spacial score (nSPS) is 21.8. The molecule has 0 radical (unpaired) electrons. The van der Waals surface area contributed by atoms with Crippen molar-refractivity contribution >= 4 is 30.1 Å². The molecule has 1 amide bonds. The third-order valence-electron chi connectivity index (χ3n) is 3.18. The number of aliphatic hydroxyl groups is 1. The smallest absolute Gasteiger partial charge is 0.251 e. The zero-order chi connectivity index (χ0) is 13.0. The Morgan fingerprint density at radius 1 is 1.42 bits per heavy atom. The number of β-amino-alcohol motifs (C(OH)–C–C–N with tert-alkyl or cyclic N) is 1. The number of carbonyl (C=O) groups is 1. The first-order chi connectivity index (χ1) is 8.70. The summed E-state index contributed by atoms with van der Waals surface area (Å²) in [6.07, 6.45) is 1.65. The number of rotatable bonds is 4. The van der Waals surface area contributed by atoms with Gasteiger partial charge in [-0.05, 0) is 30.5 Å². The molecule has 0 aromatic heterocycles. The van der Waals surface area contributed by atoms with Crippen LogP contribution in [0.4, 0.5) is 0 Å². The Balaban J connectivity index is 0.00000180. The quantitative estimate of drug-likeness (QED) is 0.730. The number of nitrogens with one attached hydrogen (secondary N) is 2. The minimum absolute atomic E-state index is 0. The minimum atomic E-state index is -0.357. The third-order valence-corrected chi connectivity index (χ3v) is 3.92. The number of hydrogen-bond donors (Lipinski definition) is 3. The van der Waals surface area contributed by atoms with Gasteiger partial charge in [-0.3, -0.25) is 4.79 Å². The van der Waals surface area contributed by atoms with Gasteiger partial charge in [0, 0.05) is 36.0 Å². The van der Waals surface area contributed by atoms with Gasteiger partial charge in [-0.25, -0.2) is 0 Å². The van der Waals surface area contributed by atoms with Gasteiger partial charge in [0.1, 0.15) is 0 Å². The van der Waals surface area contributed by atoms with Crippen LogP contribution >= 0.6 is 24.2 Å². The van der Waals surface area contributed by atoms with Gasteiger partial charge in [0.05, 0.1) is 6.10 Å². The highest BCUT2D eigenvalue weighted by atomic mass is 35.5. The third kappa shape index (κ3) is 4.38. The first-order valence-corrected chi connectivity index (χ1v) is 7.24. The lowest BCUT2D eigenvalue weighted by molar-refractivity contribution is 0.0927. The molecule has 1 aromatic carbocycles. The average Bonchev–Trinajstić information content (AvgIpc) is 2.81. The summed E-state index contributed by atoms with van der Waals surface area (Å²) in [5, 5.41) is 15.6. The highest BCUT2D eigenvalue weighted by Gasteiger charge is 2.25. The van der Waals surface area contributed by atoms with E-state index in [1.54, 1.807) is 11.8 Å². The SMILES string of the molecule is CSc1ccc(C(=O)NCC2CNCC2O)cc1.Cl. The summed E-state index contributed by atoms with van der Waals surface area (Å²) in [4.78, 5) is 13.0. The number of benzene rings is 1. The van der Waals surface area contributed by atoms with E-state index < -0.39 is 0 Å². The summed E-state index contributed by atoms with van der Waals surface area (Å²) < 4.78 is 0. The minimum Gasteiger partial charge on any atom is -0.391 e. The number of carbonyl (C=O) groups excluding carboxylic acids is 1. The zero-order valence-corrected chi connectivity index (χ0v) is 12.4. The second-order valence-electron chi connectivity index (χ2n) is 4.42. The van der Waals surface area contributed by atoms with Crippen molar-refractivity contribution in [1.29, 1.82) is 0 Å². The lowest BCUT2D eigenvalue weighted by atomic mass is 10.1. The Morgan fingerprint density at radius 3 is 2.63 bits per heavy atom. The van der Waals surface area contributed by atoms with Crippen molar-refractivity contribution < 1.29 is 9.90 Å². The van der Waals surface area contributed by atoms with Crippen molar-refractivity contribution in [3.8, 4) is 0 Å². The van der Waals surface area contributed by atoms with Crippen LogP contribution in [0.5, 0.6) is 0 Å². The van der Waals surface area contributed by atoms with Crippen molar-refractivity contribution in [2.24, 2.45) is 5.92 Å². The molecule has 0 bridgehead atoms. The molecular weight excluding hydrogens is 284 g/mol. The van der Waals surface area contributed by atoms with Crippen LogP contribution in [-0.2, 0) is 0 Å². The van der Waals surface area contributed by atoms with Gasteiger partial charge in [-0.2, -0.15) is 0 Å². The maximum absolute atomic E-state index is 11.9. The molecule has 3 N–H and O–H groups in total. The number of hydrogen-bond acceptors (Lipinski definition) is 4. The average molecular weight is 303 g/mol. The number of halogens is 1. The first kappa shape index (κ1) is 16.3. The van der Waals surface area contributed by atoms with E-state index in [0.717, 1.165) is 11.4 Å². The van der Waals surface area contributed by atoms with Crippen LogP contribution in [0, 0.1) is 5.92 Å². The Bertz CT molecular complexity index is 414. The summed E-state index contributed by atoms with van der Waals surface area (Å²) >= 11 is 1.65. The van der Waals surface area contributed by atoms with E-state index in [1.807, 2.05) is 30.5 Å². The fraction of sp³-hybridized carbons (Fsp3) is 0.462. The van der Waals surface area contributed by atoms with E-state index in [-0.39, 0.29) is 30.3 Å². The van der Waals surface area contributed by atoms with Gasteiger partial charge in [0.15, 0.2) is 0 Å². The molecular formula is C13H19ClN2O2S. The molecule has 1 fully saturated rings. The standard InChI is InChI=1S/C13H18N2O2S.ClH/c1-18-11-4-2-9(3-5-11)13(17)15-7-10-6-14-8-12(10)16;/h2-5,10,12,14,16H,6-8H2,1H3,(H,15,17);1H. The predicted molar refractivity (Wildman–Crippen MR) is 80.2 cm³/mol. The molecule has 1 saturated heterocycles. The van der Waals surface area contributed by atoms with Crippen molar-refractivity contribution in [3.63, 3.8) is 0 Å². The van der Waals surface area contributed by atoms with Crippen LogP contribution in [0.3, 0.4) is 0 Å². The second-order valence-corrected chi connectivity index (χ2v) is 5.30. The summed E-state index contributed by atoms with van der Waals surface area (Å²) in [5.41, 5.74) is 0.660. The van der Waals surface area contributed by atoms with Crippen molar-refractivity contribution in [2.45, 2.75) is 11.0 Å². The van der Waals surface area contributed by atoms with Gasteiger partial charge in [-0.1, -0.05) is 0 Å². The number of amides is 1. The molecule has 0 aliphatic carbocycles. The van der Waals surface area contributed by atoms with Crippen molar-refractivity contribution in [1.82, 2.24) is 10.6 Å². The molecule has 106 valence electrons. The van der Waals surface area contributed by atoms with Crippen molar-refractivity contribution in [3.05, 3.63) is 29.8 Å². The molecule has 6 heteroatoms. The second kappa shape index (κ2) is 7.75. The van der Waals surface area contributed by atoms with Crippen LogP contribution in [0.15, 0.2) is 29.2 Å². The first-order valence-electron chi connectivity index (χ1n) is 6.01. The molecule has 19 heavy (non-hydrogen) atoms. The van der Waals surface area contributed by atoms with Gasteiger partial charge in [-0.15, -0.1) is 24.2 Å². The monoisotopic (exact) mass is 302 g/mol. The number of thioether (sulfide) groups is 1. The van der Waals surface area contributed by atoms with E-state index >= 15 is 0 Å². The maximum atomic E-state index is 11.9. The topological polar surface area (TPSA) is 61.4 Å². The Labute approximate surface area is 123 Å². The molecule has 1 aromatic rings. The van der Waals surface area contributed by atoms with Gasteiger partial charge >= 0.3 is 0 Å². The summed E-state index contributed by atoms with van der Waals surface area (Å²) in [5.74, 6) is 0.0289. The van der Waals surface area contributed by atoms with E-state index in [0.29, 0.717) is 18.7 Å². The number of aliphatic hydroxyl groups excluding tert-OH is 1. The highest BCUT2D eigenvalue weighted by Crippen LogP contribution is 2.15. The molecule has 2 atom stereocenters. The maximum Gasteiger partial charge on any atom is 0.251 e. The largest absolute Gasteiger partial charge is 0.391 e. The van der Waals surface area contributed by atoms with E-state index in [1.165, 1.54) is 0 Å². The molecule has 1 aliphatic heterocycles.